The van der Waals surface area contributed by atoms with Crippen molar-refractivity contribution in [3.05, 3.63) is 65.0 Å². The maximum atomic E-state index is 12.3. The summed E-state index contributed by atoms with van der Waals surface area (Å²) in [5.74, 6) is 0.558. The SMILES string of the molecule is Cc1ccccc1NC(=O)Cn1nc(C)n(-n2cccc2)c1=S. The van der Waals surface area contributed by atoms with Crippen LogP contribution in [0.15, 0.2) is 48.8 Å². The van der Waals surface area contributed by atoms with Crippen LogP contribution in [0.25, 0.3) is 0 Å². The minimum atomic E-state index is -0.160. The van der Waals surface area contributed by atoms with Gasteiger partial charge in [-0.1, -0.05) is 18.2 Å². The van der Waals surface area contributed by atoms with Crippen molar-refractivity contribution < 1.29 is 4.79 Å². The molecule has 1 aromatic carbocycles. The molecule has 2 heterocycles. The lowest BCUT2D eigenvalue weighted by Gasteiger charge is -2.08. The van der Waals surface area contributed by atoms with E-state index in [0.717, 1.165) is 17.1 Å². The Hall–Kier alpha value is -2.67. The van der Waals surface area contributed by atoms with Gasteiger partial charge in [0.2, 0.25) is 10.7 Å². The lowest BCUT2D eigenvalue weighted by Crippen LogP contribution is -2.20. The number of amides is 1. The fourth-order valence-electron chi connectivity index (χ4n) is 2.37. The van der Waals surface area contributed by atoms with Gasteiger partial charge in [0.1, 0.15) is 12.4 Å². The van der Waals surface area contributed by atoms with Gasteiger partial charge in [-0.25, -0.2) is 9.36 Å². The molecule has 0 aliphatic carbocycles. The third-order valence-electron chi connectivity index (χ3n) is 3.51. The van der Waals surface area contributed by atoms with Crippen LogP contribution in [0.2, 0.25) is 0 Å². The Morgan fingerprint density at radius 1 is 1.17 bits per heavy atom. The van der Waals surface area contributed by atoms with Gasteiger partial charge in [0.05, 0.1) is 0 Å². The van der Waals surface area contributed by atoms with E-state index in [9.17, 15) is 4.79 Å². The van der Waals surface area contributed by atoms with E-state index in [1.165, 1.54) is 4.68 Å². The third kappa shape index (κ3) is 3.09. The summed E-state index contributed by atoms with van der Waals surface area (Å²) in [6, 6.07) is 11.5. The van der Waals surface area contributed by atoms with E-state index in [4.69, 9.17) is 12.2 Å². The number of rotatable bonds is 4. The molecule has 0 saturated heterocycles. The lowest BCUT2D eigenvalue weighted by molar-refractivity contribution is -0.116. The third-order valence-corrected chi connectivity index (χ3v) is 3.89. The number of para-hydroxylation sites is 1. The maximum absolute atomic E-state index is 12.3. The summed E-state index contributed by atoms with van der Waals surface area (Å²) >= 11 is 5.43. The molecule has 0 atom stereocenters. The molecule has 0 aliphatic rings. The number of aryl methyl sites for hydroxylation is 2. The number of hydrogen-bond donors (Lipinski definition) is 1. The summed E-state index contributed by atoms with van der Waals surface area (Å²) in [6.07, 6.45) is 3.75. The molecular formula is C16H17N5OS. The molecule has 3 aromatic rings. The summed E-state index contributed by atoms with van der Waals surface area (Å²) in [5, 5.41) is 7.25. The normalized spacial score (nSPS) is 10.7. The average molecular weight is 327 g/mol. The highest BCUT2D eigenvalue weighted by molar-refractivity contribution is 7.71. The van der Waals surface area contributed by atoms with Crippen LogP contribution in [0, 0.1) is 18.6 Å². The van der Waals surface area contributed by atoms with Crippen LogP contribution in [0.3, 0.4) is 0 Å². The summed E-state index contributed by atoms with van der Waals surface area (Å²) in [7, 11) is 0. The molecule has 1 N–H and O–H groups in total. The van der Waals surface area contributed by atoms with Gasteiger partial charge in [-0.05, 0) is 49.8 Å². The van der Waals surface area contributed by atoms with E-state index >= 15 is 0 Å². The quantitative estimate of drug-likeness (QED) is 0.750. The van der Waals surface area contributed by atoms with Crippen LogP contribution in [0.1, 0.15) is 11.4 Å². The van der Waals surface area contributed by atoms with Crippen molar-refractivity contribution in [3.8, 4) is 0 Å². The van der Waals surface area contributed by atoms with Gasteiger partial charge in [-0.3, -0.25) is 9.47 Å². The molecule has 0 unspecified atom stereocenters. The maximum Gasteiger partial charge on any atom is 0.246 e. The fraction of sp³-hybridized carbons (Fsp3) is 0.188. The summed E-state index contributed by atoms with van der Waals surface area (Å²) in [6.45, 7) is 3.88. The van der Waals surface area contributed by atoms with Gasteiger partial charge >= 0.3 is 0 Å². The van der Waals surface area contributed by atoms with Gasteiger partial charge in [-0.2, -0.15) is 5.10 Å². The first kappa shape index (κ1) is 15.2. The Kier molecular flexibility index (Phi) is 4.12. The zero-order chi connectivity index (χ0) is 16.4. The molecule has 3 rings (SSSR count). The zero-order valence-corrected chi connectivity index (χ0v) is 13.7. The molecule has 118 valence electrons. The Labute approximate surface area is 139 Å². The molecule has 23 heavy (non-hydrogen) atoms. The highest BCUT2D eigenvalue weighted by Crippen LogP contribution is 2.13. The number of aromatic nitrogens is 4. The highest BCUT2D eigenvalue weighted by Gasteiger charge is 2.12. The van der Waals surface area contributed by atoms with Crippen LogP contribution < -0.4 is 5.32 Å². The van der Waals surface area contributed by atoms with E-state index < -0.39 is 0 Å². The van der Waals surface area contributed by atoms with Crippen molar-refractivity contribution >= 4 is 23.8 Å². The van der Waals surface area contributed by atoms with Gasteiger partial charge < -0.3 is 5.32 Å². The van der Waals surface area contributed by atoms with Gasteiger partial charge in [0, 0.05) is 18.1 Å². The Bertz CT molecular complexity index is 892. The molecule has 0 fully saturated rings. The number of nitrogens with zero attached hydrogens (tertiary/aromatic N) is 4. The number of hydrogen-bond acceptors (Lipinski definition) is 3. The molecule has 0 radical (unpaired) electrons. The highest BCUT2D eigenvalue weighted by atomic mass is 32.1. The van der Waals surface area contributed by atoms with Crippen LogP contribution in [-0.2, 0) is 11.3 Å². The van der Waals surface area contributed by atoms with Crippen molar-refractivity contribution in [3.63, 3.8) is 0 Å². The smallest absolute Gasteiger partial charge is 0.246 e. The van der Waals surface area contributed by atoms with Crippen molar-refractivity contribution in [1.29, 1.82) is 0 Å². The van der Waals surface area contributed by atoms with E-state index in [0.29, 0.717) is 4.77 Å². The van der Waals surface area contributed by atoms with E-state index in [2.05, 4.69) is 10.4 Å². The Balaban J connectivity index is 1.81. The summed E-state index contributed by atoms with van der Waals surface area (Å²) in [5.41, 5.74) is 1.81. The predicted molar refractivity (Wildman–Crippen MR) is 90.8 cm³/mol. The average Bonchev–Trinajstić information content (AvgIpc) is 3.11. The van der Waals surface area contributed by atoms with Crippen LogP contribution >= 0.6 is 12.2 Å². The zero-order valence-electron chi connectivity index (χ0n) is 12.9. The monoisotopic (exact) mass is 327 g/mol. The van der Waals surface area contributed by atoms with Crippen molar-refractivity contribution in [2.45, 2.75) is 20.4 Å². The van der Waals surface area contributed by atoms with Gasteiger partial charge in [0.25, 0.3) is 0 Å². The molecule has 0 bridgehead atoms. The van der Waals surface area contributed by atoms with Crippen LogP contribution in [0.5, 0.6) is 0 Å². The van der Waals surface area contributed by atoms with E-state index in [1.807, 2.05) is 67.3 Å². The first-order valence-electron chi connectivity index (χ1n) is 7.22. The molecule has 0 aliphatic heterocycles. The second kappa shape index (κ2) is 6.21. The minimum Gasteiger partial charge on any atom is -0.324 e. The summed E-state index contributed by atoms with van der Waals surface area (Å²) in [4.78, 5) is 12.3. The van der Waals surface area contributed by atoms with Gasteiger partial charge in [-0.15, -0.1) is 0 Å². The molecular weight excluding hydrogens is 310 g/mol. The molecule has 7 heteroatoms. The number of carbonyl (C=O) groups is 1. The number of benzene rings is 1. The molecule has 1 amide bonds. The second-order valence-electron chi connectivity index (χ2n) is 5.23. The number of carbonyl (C=O) groups excluding carboxylic acids is 1. The van der Waals surface area contributed by atoms with Gasteiger partial charge in [0.15, 0.2) is 0 Å². The second-order valence-corrected chi connectivity index (χ2v) is 5.59. The number of anilines is 1. The topological polar surface area (TPSA) is 56.8 Å². The first-order chi connectivity index (χ1) is 11.1. The minimum absolute atomic E-state index is 0.0717. The molecule has 6 nitrogen and oxygen atoms in total. The number of nitrogens with one attached hydrogen (secondary N) is 1. The molecule has 2 aromatic heterocycles. The Morgan fingerprint density at radius 2 is 1.87 bits per heavy atom. The van der Waals surface area contributed by atoms with Crippen molar-refractivity contribution in [2.75, 3.05) is 5.32 Å². The fourth-order valence-corrected chi connectivity index (χ4v) is 2.71. The van der Waals surface area contributed by atoms with E-state index in [1.54, 1.807) is 4.68 Å². The first-order valence-corrected chi connectivity index (χ1v) is 7.62. The van der Waals surface area contributed by atoms with E-state index in [-0.39, 0.29) is 12.5 Å². The van der Waals surface area contributed by atoms with Crippen molar-refractivity contribution in [1.82, 2.24) is 19.1 Å². The van der Waals surface area contributed by atoms with Crippen LogP contribution in [-0.4, -0.2) is 25.0 Å². The largest absolute Gasteiger partial charge is 0.324 e. The standard InChI is InChI=1S/C16H17N5OS/c1-12-7-3-4-8-14(12)17-15(22)11-20-16(23)21(13(2)18-20)19-9-5-6-10-19/h3-10H,11H2,1-2H3,(H,17,22). The lowest BCUT2D eigenvalue weighted by atomic mass is 10.2. The predicted octanol–water partition coefficient (Wildman–Crippen LogP) is 2.78. The molecule has 0 spiro atoms. The summed E-state index contributed by atoms with van der Waals surface area (Å²) < 4.78 is 5.60. The molecule has 0 saturated carbocycles. The Morgan fingerprint density at radius 3 is 2.57 bits per heavy atom. The van der Waals surface area contributed by atoms with Crippen molar-refractivity contribution in [2.24, 2.45) is 0 Å². The van der Waals surface area contributed by atoms with Crippen LogP contribution in [0.4, 0.5) is 5.69 Å².